The molecular weight excluding hydrogens is 246 g/mol. The van der Waals surface area contributed by atoms with Crippen molar-refractivity contribution < 1.29 is 18.4 Å². The first-order valence-corrected chi connectivity index (χ1v) is 5.33. The number of aryl methyl sites for hydroxylation is 2. The van der Waals surface area contributed by atoms with Gasteiger partial charge in [0.2, 0.25) is 6.43 Å². The van der Waals surface area contributed by atoms with E-state index < -0.39 is 30.8 Å². The van der Waals surface area contributed by atoms with Gasteiger partial charge in [0, 0.05) is 19.5 Å². The molecule has 98 valence electrons. The van der Waals surface area contributed by atoms with Crippen molar-refractivity contribution in [2.24, 2.45) is 7.05 Å². The molecule has 1 aromatic rings. The maximum absolute atomic E-state index is 12.3. The van der Waals surface area contributed by atoms with Gasteiger partial charge in [-0.05, 0) is 6.92 Å². The number of hydrogen-bond acceptors (Lipinski definition) is 3. The van der Waals surface area contributed by atoms with E-state index in [0.29, 0.717) is 5.69 Å². The maximum Gasteiger partial charge on any atom is 0.330 e. The summed E-state index contributed by atoms with van der Waals surface area (Å²) in [4.78, 5) is 24.4. The van der Waals surface area contributed by atoms with E-state index in [-0.39, 0.29) is 5.82 Å². The number of nitrogens with zero attached hydrogens (tertiary/aromatic N) is 3. The zero-order valence-electron chi connectivity index (χ0n) is 9.85. The lowest BCUT2D eigenvalue weighted by Crippen LogP contribution is -2.33. The van der Waals surface area contributed by atoms with Crippen molar-refractivity contribution in [1.82, 2.24) is 15.1 Å². The molecule has 1 saturated heterocycles. The van der Waals surface area contributed by atoms with Crippen LogP contribution in [0.2, 0.25) is 0 Å². The molecule has 18 heavy (non-hydrogen) atoms. The van der Waals surface area contributed by atoms with E-state index in [1.54, 1.807) is 20.0 Å². The number of alkyl halides is 2. The molecule has 0 aliphatic carbocycles. The third kappa shape index (κ3) is 2.05. The minimum absolute atomic E-state index is 0.270. The molecule has 1 aliphatic heterocycles. The molecule has 1 aromatic heterocycles. The zero-order chi connectivity index (χ0) is 13.4. The molecule has 0 spiro atoms. The van der Waals surface area contributed by atoms with Gasteiger partial charge < -0.3 is 5.32 Å². The molecule has 3 amide bonds. The minimum Gasteiger partial charge on any atom is -0.325 e. The summed E-state index contributed by atoms with van der Waals surface area (Å²) in [6.45, 7) is 1.71. The molecule has 2 heterocycles. The van der Waals surface area contributed by atoms with Crippen molar-refractivity contribution >= 4 is 17.8 Å². The Morgan fingerprint density at radius 3 is 2.67 bits per heavy atom. The van der Waals surface area contributed by atoms with Gasteiger partial charge in [0.15, 0.2) is 0 Å². The molecule has 1 N–H and O–H groups in total. The van der Waals surface area contributed by atoms with E-state index in [4.69, 9.17) is 0 Å². The van der Waals surface area contributed by atoms with Crippen LogP contribution in [-0.2, 0) is 11.8 Å². The Hall–Kier alpha value is -1.99. The molecular formula is C10H12F2N4O2. The predicted octanol–water partition coefficient (Wildman–Crippen LogP) is 0.809. The first kappa shape index (κ1) is 12.5. The number of hydrogen-bond donors (Lipinski definition) is 1. The van der Waals surface area contributed by atoms with Crippen LogP contribution < -0.4 is 10.2 Å². The molecule has 1 fully saturated rings. The Balaban J connectivity index is 2.27. The van der Waals surface area contributed by atoms with Gasteiger partial charge in [-0.15, -0.1) is 0 Å². The van der Waals surface area contributed by atoms with E-state index in [9.17, 15) is 18.4 Å². The fourth-order valence-corrected chi connectivity index (χ4v) is 1.89. The average molecular weight is 258 g/mol. The lowest BCUT2D eigenvalue weighted by atomic mass is 10.2. The fraction of sp³-hybridized carbons (Fsp3) is 0.500. The van der Waals surface area contributed by atoms with Gasteiger partial charge in [0.1, 0.15) is 11.9 Å². The summed E-state index contributed by atoms with van der Waals surface area (Å²) in [6, 6.07) is -0.330. The van der Waals surface area contributed by atoms with Gasteiger partial charge in [-0.1, -0.05) is 0 Å². The van der Waals surface area contributed by atoms with Crippen molar-refractivity contribution in [3.05, 3.63) is 11.8 Å². The molecule has 1 aliphatic rings. The summed E-state index contributed by atoms with van der Waals surface area (Å²) < 4.78 is 25.9. The quantitative estimate of drug-likeness (QED) is 0.816. The highest BCUT2D eigenvalue weighted by Gasteiger charge is 2.41. The number of anilines is 1. The molecule has 0 aromatic carbocycles. The van der Waals surface area contributed by atoms with E-state index in [0.717, 1.165) is 4.90 Å². The second kappa shape index (κ2) is 4.35. The first-order chi connectivity index (χ1) is 8.40. The molecule has 0 bridgehead atoms. The number of halogens is 2. The smallest absolute Gasteiger partial charge is 0.325 e. The topological polar surface area (TPSA) is 67.2 Å². The monoisotopic (exact) mass is 258 g/mol. The van der Waals surface area contributed by atoms with Crippen LogP contribution >= 0.6 is 0 Å². The third-order valence-corrected chi connectivity index (χ3v) is 2.64. The van der Waals surface area contributed by atoms with Crippen LogP contribution in [0.25, 0.3) is 0 Å². The first-order valence-electron chi connectivity index (χ1n) is 5.33. The molecule has 8 heteroatoms. The second-order valence-corrected chi connectivity index (χ2v) is 4.07. The standard InChI is InChI=1S/C10H12F2N4O2/c1-5-3-8(15(2)14-5)16-9(17)6(4-7(11)12)13-10(16)18/h3,6-7H,4H2,1-2H3,(H,13,18). The highest BCUT2D eigenvalue weighted by Crippen LogP contribution is 2.22. The average Bonchev–Trinajstić information content (AvgIpc) is 2.68. The molecule has 2 rings (SSSR count). The number of aromatic nitrogens is 2. The van der Waals surface area contributed by atoms with Gasteiger partial charge in [-0.3, -0.25) is 9.48 Å². The van der Waals surface area contributed by atoms with Crippen LogP contribution in [0.4, 0.5) is 19.4 Å². The summed E-state index contributed by atoms with van der Waals surface area (Å²) in [6.07, 6.45) is -3.33. The Morgan fingerprint density at radius 2 is 2.17 bits per heavy atom. The number of rotatable bonds is 3. The number of carbonyl (C=O) groups excluding carboxylic acids is 2. The second-order valence-electron chi connectivity index (χ2n) is 4.07. The Bertz CT molecular complexity index is 500. The summed E-state index contributed by atoms with van der Waals surface area (Å²) in [5.74, 6) is -0.407. The largest absolute Gasteiger partial charge is 0.330 e. The number of imide groups is 1. The van der Waals surface area contributed by atoms with Crippen molar-refractivity contribution in [1.29, 1.82) is 0 Å². The van der Waals surface area contributed by atoms with Crippen LogP contribution in [-0.4, -0.2) is 34.2 Å². The zero-order valence-corrected chi connectivity index (χ0v) is 9.85. The summed E-state index contributed by atoms with van der Waals surface area (Å²) in [5, 5.41) is 6.24. The predicted molar refractivity (Wildman–Crippen MR) is 58.4 cm³/mol. The normalized spacial score (nSPS) is 19.8. The summed E-state index contributed by atoms with van der Waals surface area (Å²) >= 11 is 0. The van der Waals surface area contributed by atoms with Crippen LogP contribution in [0.5, 0.6) is 0 Å². The molecule has 0 saturated carbocycles. The summed E-state index contributed by atoms with van der Waals surface area (Å²) in [7, 11) is 1.57. The van der Waals surface area contributed by atoms with Crippen LogP contribution in [0.15, 0.2) is 6.07 Å². The molecule has 1 unspecified atom stereocenters. The van der Waals surface area contributed by atoms with Crippen LogP contribution in [0, 0.1) is 6.92 Å². The van der Waals surface area contributed by atoms with Crippen LogP contribution in [0.1, 0.15) is 12.1 Å². The van der Waals surface area contributed by atoms with Gasteiger partial charge in [0.05, 0.1) is 5.69 Å². The van der Waals surface area contributed by atoms with Gasteiger partial charge in [0.25, 0.3) is 5.91 Å². The third-order valence-electron chi connectivity index (χ3n) is 2.64. The Labute approximate surface area is 102 Å². The van der Waals surface area contributed by atoms with Gasteiger partial charge in [-0.25, -0.2) is 18.5 Å². The lowest BCUT2D eigenvalue weighted by Gasteiger charge is -2.12. The molecule has 6 nitrogen and oxygen atoms in total. The Morgan fingerprint density at radius 1 is 1.50 bits per heavy atom. The maximum atomic E-state index is 12.3. The number of urea groups is 1. The van der Waals surface area contributed by atoms with Crippen molar-refractivity contribution in [2.75, 3.05) is 4.90 Å². The van der Waals surface area contributed by atoms with Crippen molar-refractivity contribution in [2.45, 2.75) is 25.8 Å². The van der Waals surface area contributed by atoms with E-state index in [1.807, 2.05) is 0 Å². The lowest BCUT2D eigenvalue weighted by molar-refractivity contribution is -0.119. The number of amides is 3. The minimum atomic E-state index is -2.65. The fourth-order valence-electron chi connectivity index (χ4n) is 1.89. The SMILES string of the molecule is Cc1cc(N2C(=O)NC(CC(F)F)C2=O)n(C)n1. The van der Waals surface area contributed by atoms with Gasteiger partial charge in [-0.2, -0.15) is 5.10 Å². The molecule has 1 atom stereocenters. The van der Waals surface area contributed by atoms with Crippen LogP contribution in [0.3, 0.4) is 0 Å². The number of carbonyl (C=O) groups is 2. The van der Waals surface area contributed by atoms with Crippen molar-refractivity contribution in [3.8, 4) is 0 Å². The van der Waals surface area contributed by atoms with Crippen molar-refractivity contribution in [3.63, 3.8) is 0 Å². The number of nitrogens with one attached hydrogen (secondary N) is 1. The van der Waals surface area contributed by atoms with E-state index in [1.165, 1.54) is 4.68 Å². The molecule has 0 radical (unpaired) electrons. The summed E-state index contributed by atoms with van der Waals surface area (Å²) in [5.41, 5.74) is 0.630. The highest BCUT2D eigenvalue weighted by atomic mass is 19.3. The van der Waals surface area contributed by atoms with E-state index in [2.05, 4.69) is 10.4 Å². The highest BCUT2D eigenvalue weighted by molar-refractivity contribution is 6.20. The van der Waals surface area contributed by atoms with E-state index >= 15 is 0 Å². The Kier molecular flexibility index (Phi) is 3.02. The van der Waals surface area contributed by atoms with Gasteiger partial charge >= 0.3 is 6.03 Å².